The predicted molar refractivity (Wildman–Crippen MR) is 44.6 cm³/mol. The molecule has 0 saturated heterocycles. The molecule has 0 bridgehead atoms. The van der Waals surface area contributed by atoms with Crippen LogP contribution in [0.3, 0.4) is 0 Å². The molecule has 0 radical (unpaired) electrons. The van der Waals surface area contributed by atoms with E-state index in [0.29, 0.717) is 17.2 Å². The molecule has 0 atom stereocenters. The molecule has 2 N–H and O–H groups in total. The molecular formula is C7H6N6. The molecule has 2 aromatic heterocycles. The van der Waals surface area contributed by atoms with Gasteiger partial charge in [-0.15, -0.1) is 0 Å². The Morgan fingerprint density at radius 1 is 1.54 bits per heavy atom. The Kier molecular flexibility index (Phi) is 1.39. The number of nitrogen functional groups attached to an aromatic ring is 1. The molecular weight excluding hydrogens is 168 g/mol. The summed E-state index contributed by atoms with van der Waals surface area (Å²) in [6.45, 7) is 1.75. The number of hydrogen-bond donors (Lipinski definition) is 1. The van der Waals surface area contributed by atoms with Crippen molar-refractivity contribution in [1.82, 2.24) is 19.6 Å². The van der Waals surface area contributed by atoms with Crippen molar-refractivity contribution in [3.63, 3.8) is 0 Å². The first kappa shape index (κ1) is 7.49. The molecule has 0 spiro atoms. The summed E-state index contributed by atoms with van der Waals surface area (Å²) in [5.41, 5.74) is 5.79. The average molecular weight is 174 g/mol. The Morgan fingerprint density at radius 2 is 2.31 bits per heavy atom. The third kappa shape index (κ3) is 1.06. The van der Waals surface area contributed by atoms with Gasteiger partial charge < -0.3 is 5.73 Å². The third-order valence-electron chi connectivity index (χ3n) is 1.59. The van der Waals surface area contributed by atoms with Crippen molar-refractivity contribution in [2.24, 2.45) is 0 Å². The van der Waals surface area contributed by atoms with Crippen LogP contribution in [0.1, 0.15) is 11.4 Å². The first-order valence-corrected chi connectivity index (χ1v) is 3.60. The number of anilines is 1. The summed E-state index contributed by atoms with van der Waals surface area (Å²) in [5, 5.41) is 12.7. The molecule has 2 rings (SSSR count). The van der Waals surface area contributed by atoms with Gasteiger partial charge in [-0.25, -0.2) is 4.52 Å². The average Bonchev–Trinajstić information content (AvgIpc) is 2.42. The van der Waals surface area contributed by atoms with Crippen molar-refractivity contribution in [2.45, 2.75) is 6.92 Å². The summed E-state index contributed by atoms with van der Waals surface area (Å²) >= 11 is 0. The Morgan fingerprint density at radius 3 is 3.00 bits per heavy atom. The third-order valence-corrected chi connectivity index (χ3v) is 1.59. The number of nitrogens with two attached hydrogens (primary N) is 1. The van der Waals surface area contributed by atoms with Crippen LogP contribution < -0.4 is 5.73 Å². The summed E-state index contributed by atoms with van der Waals surface area (Å²) in [6.07, 6.45) is 1.51. The van der Waals surface area contributed by atoms with Gasteiger partial charge in [-0.2, -0.15) is 20.3 Å². The van der Waals surface area contributed by atoms with Crippen LogP contribution in [-0.2, 0) is 0 Å². The lowest BCUT2D eigenvalue weighted by Crippen LogP contribution is -1.99. The molecule has 0 aromatic carbocycles. The molecule has 6 nitrogen and oxygen atoms in total. The molecule has 0 aliphatic rings. The zero-order valence-corrected chi connectivity index (χ0v) is 6.89. The minimum absolute atomic E-state index is 0.183. The zero-order chi connectivity index (χ0) is 9.42. The van der Waals surface area contributed by atoms with Crippen LogP contribution in [0.5, 0.6) is 0 Å². The van der Waals surface area contributed by atoms with Crippen LogP contribution in [0, 0.1) is 18.3 Å². The maximum atomic E-state index is 8.65. The van der Waals surface area contributed by atoms with Crippen LogP contribution in [0.4, 0.5) is 5.82 Å². The van der Waals surface area contributed by atoms with Crippen LogP contribution in [0.25, 0.3) is 5.78 Å². The van der Waals surface area contributed by atoms with Crippen LogP contribution in [-0.4, -0.2) is 19.6 Å². The summed E-state index contributed by atoms with van der Waals surface area (Å²) in [7, 11) is 0. The lowest BCUT2D eigenvalue weighted by molar-refractivity contribution is 0.914. The fourth-order valence-corrected chi connectivity index (χ4v) is 1.02. The monoisotopic (exact) mass is 174 g/mol. The van der Waals surface area contributed by atoms with Gasteiger partial charge in [0.1, 0.15) is 23.3 Å². The second kappa shape index (κ2) is 2.42. The van der Waals surface area contributed by atoms with Crippen molar-refractivity contribution >= 4 is 11.6 Å². The number of rotatable bonds is 0. The largest absolute Gasteiger partial charge is 0.382 e. The lowest BCUT2D eigenvalue weighted by atomic mass is 10.3. The Hall–Kier alpha value is -2.16. The number of aryl methyl sites for hydroxylation is 1. The van der Waals surface area contributed by atoms with Crippen LogP contribution in [0.15, 0.2) is 6.20 Å². The normalized spacial score (nSPS) is 10.2. The molecule has 64 valence electrons. The minimum Gasteiger partial charge on any atom is -0.382 e. The zero-order valence-electron chi connectivity index (χ0n) is 6.89. The smallest absolute Gasteiger partial charge is 0.254 e. The highest BCUT2D eigenvalue weighted by molar-refractivity contribution is 5.50. The van der Waals surface area contributed by atoms with Gasteiger partial charge in [0, 0.05) is 0 Å². The highest BCUT2D eigenvalue weighted by Gasteiger charge is 2.05. The molecule has 6 heteroatoms. The highest BCUT2D eigenvalue weighted by atomic mass is 15.3. The minimum atomic E-state index is 0.183. The highest BCUT2D eigenvalue weighted by Crippen LogP contribution is 2.07. The summed E-state index contributed by atoms with van der Waals surface area (Å²) in [6, 6.07) is 1.92. The topological polar surface area (TPSA) is 92.9 Å². The van der Waals surface area contributed by atoms with E-state index in [9.17, 15) is 0 Å². The van der Waals surface area contributed by atoms with Gasteiger partial charge in [0.15, 0.2) is 0 Å². The van der Waals surface area contributed by atoms with E-state index in [4.69, 9.17) is 11.0 Å². The number of aromatic nitrogens is 4. The molecule has 0 fully saturated rings. The number of nitrogens with zero attached hydrogens (tertiary/aromatic N) is 5. The SMILES string of the molecule is Cc1nc2nc(N)c(C#N)cn2n1. The second-order valence-electron chi connectivity index (χ2n) is 2.56. The van der Waals surface area contributed by atoms with Gasteiger partial charge in [0.2, 0.25) is 0 Å². The van der Waals surface area contributed by atoms with Gasteiger partial charge in [-0.3, -0.25) is 0 Å². The molecule has 0 saturated carbocycles. The molecule has 2 heterocycles. The van der Waals surface area contributed by atoms with Crippen LogP contribution >= 0.6 is 0 Å². The molecule has 0 aliphatic carbocycles. The van der Waals surface area contributed by atoms with Crippen molar-refractivity contribution in [3.05, 3.63) is 17.6 Å². The molecule has 0 amide bonds. The van der Waals surface area contributed by atoms with Gasteiger partial charge in [0.05, 0.1) is 6.20 Å². The van der Waals surface area contributed by atoms with Crippen molar-refractivity contribution in [2.75, 3.05) is 5.73 Å². The van der Waals surface area contributed by atoms with Gasteiger partial charge >= 0.3 is 0 Å². The second-order valence-corrected chi connectivity index (χ2v) is 2.56. The number of hydrogen-bond acceptors (Lipinski definition) is 5. The van der Waals surface area contributed by atoms with E-state index in [-0.39, 0.29) is 5.82 Å². The van der Waals surface area contributed by atoms with Crippen molar-refractivity contribution in [3.8, 4) is 6.07 Å². The van der Waals surface area contributed by atoms with E-state index >= 15 is 0 Å². The maximum absolute atomic E-state index is 8.65. The molecule has 0 unspecified atom stereocenters. The Labute approximate surface area is 73.6 Å². The van der Waals surface area contributed by atoms with Crippen LogP contribution in [0.2, 0.25) is 0 Å². The lowest BCUT2D eigenvalue weighted by Gasteiger charge is -1.95. The van der Waals surface area contributed by atoms with Crippen molar-refractivity contribution < 1.29 is 0 Å². The van der Waals surface area contributed by atoms with E-state index in [0.717, 1.165) is 0 Å². The first-order valence-electron chi connectivity index (χ1n) is 3.60. The predicted octanol–water partition coefficient (Wildman–Crippen LogP) is -0.113. The van der Waals surface area contributed by atoms with E-state index in [1.165, 1.54) is 10.7 Å². The van der Waals surface area contributed by atoms with E-state index in [2.05, 4.69) is 15.1 Å². The standard InChI is InChI=1S/C7H6N6/c1-4-10-7-11-6(9)5(2-8)3-13(7)12-4/h3H,1H3,(H2,9,10,11,12). The Balaban J connectivity index is 2.82. The molecule has 0 aliphatic heterocycles. The first-order chi connectivity index (χ1) is 6.20. The van der Waals surface area contributed by atoms with E-state index < -0.39 is 0 Å². The fourth-order valence-electron chi connectivity index (χ4n) is 1.02. The van der Waals surface area contributed by atoms with Gasteiger partial charge in [-0.1, -0.05) is 0 Å². The fraction of sp³-hybridized carbons (Fsp3) is 0.143. The molecule has 2 aromatic rings. The van der Waals surface area contributed by atoms with Gasteiger partial charge in [-0.05, 0) is 6.92 Å². The quantitative estimate of drug-likeness (QED) is 0.601. The molecule has 13 heavy (non-hydrogen) atoms. The van der Waals surface area contributed by atoms with E-state index in [1.54, 1.807) is 6.92 Å². The number of nitriles is 1. The van der Waals surface area contributed by atoms with Gasteiger partial charge in [0.25, 0.3) is 5.78 Å². The maximum Gasteiger partial charge on any atom is 0.254 e. The van der Waals surface area contributed by atoms with E-state index in [1.807, 2.05) is 6.07 Å². The summed E-state index contributed by atoms with van der Waals surface area (Å²) in [4.78, 5) is 7.91. The summed E-state index contributed by atoms with van der Waals surface area (Å²) in [5.74, 6) is 1.19. The van der Waals surface area contributed by atoms with Crippen molar-refractivity contribution in [1.29, 1.82) is 5.26 Å². The Bertz CT molecular complexity index is 505. The summed E-state index contributed by atoms with van der Waals surface area (Å²) < 4.78 is 1.43. The number of fused-ring (bicyclic) bond motifs is 1.